The van der Waals surface area contributed by atoms with E-state index in [-0.39, 0.29) is 0 Å². The van der Waals surface area contributed by atoms with E-state index in [9.17, 15) is 0 Å². The molecular weight excluding hydrogens is 176 g/mol. The number of aromatic amines is 1. The lowest BCUT2D eigenvalue weighted by molar-refractivity contribution is 0.707. The Morgan fingerprint density at radius 2 is 2.43 bits per heavy atom. The number of hydrogen-bond acceptors (Lipinski definition) is 2. The van der Waals surface area contributed by atoms with Crippen LogP contribution in [0.15, 0.2) is 24.5 Å². The smallest absolute Gasteiger partial charge is 0.0586 e. The second-order valence-corrected chi connectivity index (χ2v) is 3.25. The van der Waals surface area contributed by atoms with Gasteiger partial charge in [-0.05, 0) is 18.7 Å². The number of H-pyrrole nitrogens is 1. The first-order valence-corrected chi connectivity index (χ1v) is 4.67. The monoisotopic (exact) mass is 190 g/mol. The maximum absolute atomic E-state index is 5.56. The highest BCUT2D eigenvalue weighted by atomic mass is 15.3. The standard InChI is InChI=1S/C10H14N4/c1-14-10(4-5-11)8(7-13-14)9-3-2-6-12-9/h2-3,6-7,12H,4-5,11H2,1H3. The van der Waals surface area contributed by atoms with Crippen molar-refractivity contribution in [3.8, 4) is 11.3 Å². The molecule has 0 aliphatic rings. The molecule has 2 aromatic rings. The fourth-order valence-electron chi connectivity index (χ4n) is 1.62. The van der Waals surface area contributed by atoms with Crippen LogP contribution in [0.2, 0.25) is 0 Å². The minimum absolute atomic E-state index is 0.646. The van der Waals surface area contributed by atoms with Crippen molar-refractivity contribution < 1.29 is 0 Å². The summed E-state index contributed by atoms with van der Waals surface area (Å²) in [4.78, 5) is 3.17. The number of aryl methyl sites for hydroxylation is 1. The summed E-state index contributed by atoms with van der Waals surface area (Å²) in [5.41, 5.74) is 8.98. The van der Waals surface area contributed by atoms with Crippen LogP contribution in [0, 0.1) is 0 Å². The molecule has 0 saturated carbocycles. The molecule has 74 valence electrons. The maximum Gasteiger partial charge on any atom is 0.0586 e. The Morgan fingerprint density at radius 3 is 3.07 bits per heavy atom. The van der Waals surface area contributed by atoms with Gasteiger partial charge in [0.15, 0.2) is 0 Å². The van der Waals surface area contributed by atoms with E-state index in [1.54, 1.807) is 0 Å². The third-order valence-electron chi connectivity index (χ3n) is 2.33. The minimum atomic E-state index is 0.646. The second kappa shape index (κ2) is 3.67. The van der Waals surface area contributed by atoms with Gasteiger partial charge in [0.1, 0.15) is 0 Å². The Morgan fingerprint density at radius 1 is 1.57 bits per heavy atom. The maximum atomic E-state index is 5.56. The van der Waals surface area contributed by atoms with Crippen LogP contribution in [0.3, 0.4) is 0 Å². The molecule has 0 spiro atoms. The molecule has 0 unspecified atom stereocenters. The van der Waals surface area contributed by atoms with Crippen LogP contribution in [0.5, 0.6) is 0 Å². The van der Waals surface area contributed by atoms with Crippen molar-refractivity contribution in [3.05, 3.63) is 30.2 Å². The zero-order chi connectivity index (χ0) is 9.97. The molecule has 3 N–H and O–H groups in total. The van der Waals surface area contributed by atoms with Crippen molar-refractivity contribution in [1.29, 1.82) is 0 Å². The van der Waals surface area contributed by atoms with Gasteiger partial charge in [-0.3, -0.25) is 4.68 Å². The van der Waals surface area contributed by atoms with E-state index in [1.165, 1.54) is 5.69 Å². The highest BCUT2D eigenvalue weighted by Gasteiger charge is 2.09. The Kier molecular flexibility index (Phi) is 2.37. The Bertz CT molecular complexity index is 400. The van der Waals surface area contributed by atoms with Gasteiger partial charge in [-0.1, -0.05) is 0 Å². The second-order valence-electron chi connectivity index (χ2n) is 3.25. The van der Waals surface area contributed by atoms with E-state index in [0.29, 0.717) is 6.54 Å². The van der Waals surface area contributed by atoms with Crippen LogP contribution < -0.4 is 5.73 Å². The summed E-state index contributed by atoms with van der Waals surface area (Å²) < 4.78 is 1.88. The molecule has 2 rings (SSSR count). The SMILES string of the molecule is Cn1ncc(-c2ccc[nH]2)c1CCN. The zero-order valence-corrected chi connectivity index (χ0v) is 8.20. The predicted octanol–water partition coefficient (Wildman–Crippen LogP) is 0.916. The van der Waals surface area contributed by atoms with Crippen LogP contribution in [0.4, 0.5) is 0 Å². The van der Waals surface area contributed by atoms with Gasteiger partial charge in [-0.15, -0.1) is 0 Å². The van der Waals surface area contributed by atoms with Crippen molar-refractivity contribution in [2.45, 2.75) is 6.42 Å². The number of hydrogen-bond donors (Lipinski definition) is 2. The van der Waals surface area contributed by atoms with Gasteiger partial charge < -0.3 is 10.7 Å². The van der Waals surface area contributed by atoms with Crippen LogP contribution >= 0.6 is 0 Å². The van der Waals surface area contributed by atoms with Gasteiger partial charge in [0, 0.05) is 36.6 Å². The molecule has 0 fully saturated rings. The fourth-order valence-corrected chi connectivity index (χ4v) is 1.62. The zero-order valence-electron chi connectivity index (χ0n) is 8.20. The Labute approximate surface area is 82.7 Å². The number of rotatable bonds is 3. The van der Waals surface area contributed by atoms with E-state index in [1.807, 2.05) is 36.3 Å². The highest BCUT2D eigenvalue weighted by molar-refractivity contribution is 5.61. The summed E-state index contributed by atoms with van der Waals surface area (Å²) in [6.07, 6.45) is 4.64. The van der Waals surface area contributed by atoms with Crippen molar-refractivity contribution in [2.24, 2.45) is 12.8 Å². The normalized spacial score (nSPS) is 10.7. The molecule has 0 saturated heterocycles. The third kappa shape index (κ3) is 1.44. The van der Waals surface area contributed by atoms with E-state index >= 15 is 0 Å². The largest absolute Gasteiger partial charge is 0.361 e. The molecule has 2 heterocycles. The molecule has 4 heteroatoms. The summed E-state index contributed by atoms with van der Waals surface area (Å²) >= 11 is 0. The minimum Gasteiger partial charge on any atom is -0.361 e. The molecule has 0 atom stereocenters. The average molecular weight is 190 g/mol. The van der Waals surface area contributed by atoms with Crippen molar-refractivity contribution in [2.75, 3.05) is 6.54 Å². The lowest BCUT2D eigenvalue weighted by Gasteiger charge is -2.02. The van der Waals surface area contributed by atoms with Gasteiger partial charge >= 0.3 is 0 Å². The molecule has 14 heavy (non-hydrogen) atoms. The molecule has 2 aromatic heterocycles. The summed E-state index contributed by atoms with van der Waals surface area (Å²) in [7, 11) is 1.94. The summed E-state index contributed by atoms with van der Waals surface area (Å²) in [5, 5.41) is 4.23. The van der Waals surface area contributed by atoms with E-state index in [2.05, 4.69) is 10.1 Å². The van der Waals surface area contributed by atoms with Crippen molar-refractivity contribution >= 4 is 0 Å². The van der Waals surface area contributed by atoms with E-state index < -0.39 is 0 Å². The number of nitrogens with one attached hydrogen (secondary N) is 1. The first-order valence-electron chi connectivity index (χ1n) is 4.67. The first-order chi connectivity index (χ1) is 6.83. The Balaban J connectivity index is 2.43. The van der Waals surface area contributed by atoms with Crippen molar-refractivity contribution in [3.63, 3.8) is 0 Å². The molecule has 0 bridgehead atoms. The summed E-state index contributed by atoms with van der Waals surface area (Å²) in [5.74, 6) is 0. The van der Waals surface area contributed by atoms with Crippen LogP contribution in [-0.4, -0.2) is 21.3 Å². The van der Waals surface area contributed by atoms with Gasteiger partial charge in [-0.25, -0.2) is 0 Å². The molecule has 0 aliphatic carbocycles. The molecule has 0 amide bonds. The van der Waals surface area contributed by atoms with Crippen LogP contribution in [0.25, 0.3) is 11.3 Å². The molecular formula is C10H14N4. The average Bonchev–Trinajstić information content (AvgIpc) is 2.77. The Hall–Kier alpha value is -1.55. The molecule has 0 radical (unpaired) electrons. The van der Waals surface area contributed by atoms with E-state index in [4.69, 9.17) is 5.73 Å². The van der Waals surface area contributed by atoms with Crippen molar-refractivity contribution in [1.82, 2.24) is 14.8 Å². The molecule has 0 aliphatic heterocycles. The van der Waals surface area contributed by atoms with Crippen LogP contribution in [-0.2, 0) is 13.5 Å². The number of aromatic nitrogens is 3. The number of nitrogens with zero attached hydrogens (tertiary/aromatic N) is 2. The fraction of sp³-hybridized carbons (Fsp3) is 0.300. The lowest BCUT2D eigenvalue weighted by Crippen LogP contribution is -2.08. The third-order valence-corrected chi connectivity index (χ3v) is 2.33. The quantitative estimate of drug-likeness (QED) is 0.756. The van der Waals surface area contributed by atoms with Gasteiger partial charge in [0.2, 0.25) is 0 Å². The highest BCUT2D eigenvalue weighted by Crippen LogP contribution is 2.21. The lowest BCUT2D eigenvalue weighted by atomic mass is 10.1. The van der Waals surface area contributed by atoms with E-state index in [0.717, 1.165) is 17.7 Å². The van der Waals surface area contributed by atoms with Gasteiger partial charge in [-0.2, -0.15) is 5.10 Å². The van der Waals surface area contributed by atoms with Gasteiger partial charge in [0.05, 0.1) is 6.20 Å². The topological polar surface area (TPSA) is 59.6 Å². The first kappa shape index (κ1) is 9.02. The van der Waals surface area contributed by atoms with Gasteiger partial charge in [0.25, 0.3) is 0 Å². The van der Waals surface area contributed by atoms with Crippen LogP contribution in [0.1, 0.15) is 5.69 Å². The summed E-state index contributed by atoms with van der Waals surface area (Å²) in [6.45, 7) is 0.646. The molecule has 0 aromatic carbocycles. The number of nitrogens with two attached hydrogens (primary N) is 1. The summed E-state index contributed by atoms with van der Waals surface area (Å²) in [6, 6.07) is 4.02. The molecule has 4 nitrogen and oxygen atoms in total. The predicted molar refractivity (Wildman–Crippen MR) is 55.8 cm³/mol.